The van der Waals surface area contributed by atoms with Gasteiger partial charge in [-0.2, -0.15) is 0 Å². The van der Waals surface area contributed by atoms with E-state index in [4.69, 9.17) is 9.84 Å². The van der Waals surface area contributed by atoms with Gasteiger partial charge in [-0.15, -0.1) is 0 Å². The van der Waals surface area contributed by atoms with Gasteiger partial charge in [-0.05, 0) is 37.1 Å². The average molecular weight is 224 g/mol. The Labute approximate surface area is 94.5 Å². The predicted octanol–water partition coefficient (Wildman–Crippen LogP) is 2.58. The molecule has 1 unspecified atom stereocenters. The lowest BCUT2D eigenvalue weighted by molar-refractivity contribution is 0.0552. The van der Waals surface area contributed by atoms with Crippen LogP contribution in [0.5, 0.6) is 5.75 Å². The third kappa shape index (κ3) is 2.73. The Kier molecular flexibility index (Phi) is 4.31. The third-order valence-corrected chi connectivity index (χ3v) is 2.35. The van der Waals surface area contributed by atoms with E-state index in [2.05, 4.69) is 0 Å². The van der Waals surface area contributed by atoms with E-state index in [1.165, 1.54) is 18.2 Å². The number of ether oxygens (including phenoxy) is 1. The fraction of sp³-hybridized carbons (Fsp3) is 0.417. The number of carboxylic acids is 1. The van der Waals surface area contributed by atoms with E-state index in [1.54, 1.807) is 0 Å². The van der Waals surface area contributed by atoms with Crippen molar-refractivity contribution < 1.29 is 19.7 Å². The zero-order valence-electron chi connectivity index (χ0n) is 9.43. The molecule has 0 bridgehead atoms. The molecule has 0 amide bonds. The quantitative estimate of drug-likeness (QED) is 0.806. The largest absolute Gasteiger partial charge is 0.508 e. The molecule has 0 saturated carbocycles. The highest BCUT2D eigenvalue weighted by atomic mass is 16.5. The second-order valence-corrected chi connectivity index (χ2v) is 3.43. The van der Waals surface area contributed by atoms with Crippen molar-refractivity contribution in [3.05, 3.63) is 29.3 Å². The molecule has 0 fully saturated rings. The van der Waals surface area contributed by atoms with Gasteiger partial charge in [0.25, 0.3) is 0 Å². The molecular weight excluding hydrogens is 208 g/mol. The summed E-state index contributed by atoms with van der Waals surface area (Å²) in [5, 5.41) is 18.4. The molecule has 4 heteroatoms. The lowest BCUT2D eigenvalue weighted by atomic mass is 10.00. The maximum Gasteiger partial charge on any atom is 0.336 e. The third-order valence-electron chi connectivity index (χ3n) is 2.35. The number of benzene rings is 1. The average Bonchev–Trinajstić information content (AvgIpc) is 2.25. The molecular formula is C12H16O4. The fourth-order valence-corrected chi connectivity index (χ4v) is 1.64. The van der Waals surface area contributed by atoms with Crippen LogP contribution < -0.4 is 0 Å². The number of hydrogen-bond donors (Lipinski definition) is 2. The van der Waals surface area contributed by atoms with Gasteiger partial charge < -0.3 is 14.9 Å². The lowest BCUT2D eigenvalue weighted by Crippen LogP contribution is -2.09. The van der Waals surface area contributed by atoms with Crippen molar-refractivity contribution in [2.24, 2.45) is 0 Å². The molecule has 1 aromatic rings. The first-order valence-corrected chi connectivity index (χ1v) is 5.27. The molecule has 0 heterocycles. The van der Waals surface area contributed by atoms with Crippen molar-refractivity contribution in [2.75, 3.05) is 6.61 Å². The summed E-state index contributed by atoms with van der Waals surface area (Å²) in [5.41, 5.74) is 0.704. The van der Waals surface area contributed by atoms with Crippen molar-refractivity contribution in [1.82, 2.24) is 0 Å². The molecule has 0 radical (unpaired) electrons. The predicted molar refractivity (Wildman–Crippen MR) is 59.7 cm³/mol. The molecule has 0 aliphatic heterocycles. The summed E-state index contributed by atoms with van der Waals surface area (Å²) in [6.45, 7) is 4.27. The maximum absolute atomic E-state index is 11.0. The highest BCUT2D eigenvalue weighted by Gasteiger charge is 2.18. The Morgan fingerprint density at radius 3 is 2.62 bits per heavy atom. The first kappa shape index (κ1) is 12.5. The van der Waals surface area contributed by atoms with E-state index in [-0.39, 0.29) is 17.4 Å². The summed E-state index contributed by atoms with van der Waals surface area (Å²) in [6, 6.07) is 4.22. The van der Waals surface area contributed by atoms with Gasteiger partial charge in [0.1, 0.15) is 5.75 Å². The number of hydrogen-bond acceptors (Lipinski definition) is 3. The van der Waals surface area contributed by atoms with E-state index in [1.807, 2.05) is 13.8 Å². The number of phenolic OH excluding ortho intramolecular Hbond substituents is 1. The van der Waals surface area contributed by atoms with Crippen LogP contribution in [0.4, 0.5) is 0 Å². The summed E-state index contributed by atoms with van der Waals surface area (Å²) < 4.78 is 5.45. The number of carboxylic acid groups (broad SMARTS) is 1. The second-order valence-electron chi connectivity index (χ2n) is 3.43. The van der Waals surface area contributed by atoms with Gasteiger partial charge in [0.05, 0.1) is 11.7 Å². The Morgan fingerprint density at radius 2 is 2.12 bits per heavy atom. The van der Waals surface area contributed by atoms with Crippen molar-refractivity contribution in [1.29, 1.82) is 0 Å². The Hall–Kier alpha value is -1.55. The second kappa shape index (κ2) is 5.51. The van der Waals surface area contributed by atoms with Gasteiger partial charge >= 0.3 is 5.97 Å². The smallest absolute Gasteiger partial charge is 0.336 e. The highest BCUT2D eigenvalue weighted by Crippen LogP contribution is 2.27. The van der Waals surface area contributed by atoms with E-state index in [0.29, 0.717) is 18.6 Å². The van der Waals surface area contributed by atoms with Gasteiger partial charge in [-0.25, -0.2) is 4.79 Å². The van der Waals surface area contributed by atoms with Crippen LogP contribution in [0, 0.1) is 0 Å². The molecule has 0 spiro atoms. The lowest BCUT2D eigenvalue weighted by Gasteiger charge is -2.17. The van der Waals surface area contributed by atoms with E-state index in [0.717, 1.165) is 0 Å². The molecule has 4 nitrogen and oxygen atoms in total. The number of aromatic carboxylic acids is 1. The molecule has 0 saturated heterocycles. The van der Waals surface area contributed by atoms with Crippen LogP contribution in [-0.2, 0) is 4.74 Å². The summed E-state index contributed by atoms with van der Waals surface area (Å²) in [6.07, 6.45) is 0.376. The molecule has 88 valence electrons. The van der Waals surface area contributed by atoms with Crippen molar-refractivity contribution in [3.8, 4) is 5.75 Å². The number of carbonyl (C=O) groups is 1. The van der Waals surface area contributed by atoms with Gasteiger partial charge in [-0.1, -0.05) is 6.92 Å². The van der Waals surface area contributed by atoms with E-state index < -0.39 is 5.97 Å². The molecule has 1 rings (SSSR count). The van der Waals surface area contributed by atoms with Gasteiger partial charge in [-0.3, -0.25) is 0 Å². The van der Waals surface area contributed by atoms with Crippen LogP contribution in [0.3, 0.4) is 0 Å². The monoisotopic (exact) mass is 224 g/mol. The highest BCUT2D eigenvalue weighted by molar-refractivity contribution is 5.89. The molecule has 16 heavy (non-hydrogen) atoms. The minimum atomic E-state index is -1.01. The van der Waals surface area contributed by atoms with Crippen LogP contribution in [0.15, 0.2) is 18.2 Å². The molecule has 2 N–H and O–H groups in total. The summed E-state index contributed by atoms with van der Waals surface area (Å²) in [7, 11) is 0. The Balaban J connectivity index is 3.16. The standard InChI is InChI=1S/C12H16O4/c1-3-11(16-4-2)10-7-8(13)5-6-9(10)12(14)15/h5-7,11,13H,3-4H2,1-2H3,(H,14,15). The first-order chi connectivity index (χ1) is 7.60. The zero-order valence-corrected chi connectivity index (χ0v) is 9.43. The summed E-state index contributed by atoms with van der Waals surface area (Å²) in [4.78, 5) is 11.0. The fourth-order valence-electron chi connectivity index (χ4n) is 1.64. The van der Waals surface area contributed by atoms with Crippen LogP contribution in [0.25, 0.3) is 0 Å². The SMILES string of the molecule is CCOC(CC)c1cc(O)ccc1C(=O)O. The number of aromatic hydroxyl groups is 1. The first-order valence-electron chi connectivity index (χ1n) is 5.27. The van der Waals surface area contributed by atoms with Gasteiger partial charge in [0.2, 0.25) is 0 Å². The topological polar surface area (TPSA) is 66.8 Å². The molecule has 0 aromatic heterocycles. The Bertz CT molecular complexity index is 373. The molecule has 1 aromatic carbocycles. The summed E-state index contributed by atoms with van der Waals surface area (Å²) >= 11 is 0. The summed E-state index contributed by atoms with van der Waals surface area (Å²) in [5.74, 6) is -0.952. The Morgan fingerprint density at radius 1 is 1.44 bits per heavy atom. The normalized spacial score (nSPS) is 12.4. The number of rotatable bonds is 5. The zero-order chi connectivity index (χ0) is 12.1. The molecule has 1 atom stereocenters. The van der Waals surface area contributed by atoms with Gasteiger partial charge in [0, 0.05) is 6.61 Å². The molecule has 0 aliphatic carbocycles. The van der Waals surface area contributed by atoms with Crippen molar-refractivity contribution in [2.45, 2.75) is 26.4 Å². The van der Waals surface area contributed by atoms with E-state index >= 15 is 0 Å². The minimum absolute atomic E-state index is 0.0538. The van der Waals surface area contributed by atoms with Gasteiger partial charge in [0.15, 0.2) is 0 Å². The van der Waals surface area contributed by atoms with Crippen molar-refractivity contribution >= 4 is 5.97 Å². The number of phenols is 1. The molecule has 0 aliphatic rings. The van der Waals surface area contributed by atoms with Crippen LogP contribution in [-0.4, -0.2) is 22.8 Å². The van der Waals surface area contributed by atoms with E-state index in [9.17, 15) is 9.90 Å². The van der Waals surface area contributed by atoms with Crippen LogP contribution in [0.1, 0.15) is 42.3 Å². The van der Waals surface area contributed by atoms with Crippen LogP contribution >= 0.6 is 0 Å². The van der Waals surface area contributed by atoms with Crippen molar-refractivity contribution in [3.63, 3.8) is 0 Å². The minimum Gasteiger partial charge on any atom is -0.508 e. The van der Waals surface area contributed by atoms with Crippen LogP contribution in [0.2, 0.25) is 0 Å². The maximum atomic E-state index is 11.0.